The summed E-state index contributed by atoms with van der Waals surface area (Å²) in [5, 5.41) is 2.90. The molecular formula is C21H21NO6. The largest absolute Gasteiger partial charge is 0.490 e. The number of carbonyl (C=O) groups is 2. The summed E-state index contributed by atoms with van der Waals surface area (Å²) >= 11 is 0. The Hall–Kier alpha value is -3.48. The quantitative estimate of drug-likeness (QED) is 0.340. The number of carbonyl (C=O) groups excluding carboxylic acids is 2. The van der Waals surface area contributed by atoms with Crippen molar-refractivity contribution >= 4 is 17.6 Å². The maximum absolute atomic E-state index is 12.0. The lowest BCUT2D eigenvalue weighted by atomic mass is 10.2. The van der Waals surface area contributed by atoms with Gasteiger partial charge in [0.15, 0.2) is 5.57 Å². The third kappa shape index (κ3) is 5.03. The lowest BCUT2D eigenvalue weighted by Crippen LogP contribution is -2.42. The Morgan fingerprint density at radius 3 is 2.21 bits per heavy atom. The fourth-order valence-corrected chi connectivity index (χ4v) is 2.47. The second-order valence-electron chi connectivity index (χ2n) is 6.39. The molecule has 28 heavy (non-hydrogen) atoms. The summed E-state index contributed by atoms with van der Waals surface area (Å²) in [4.78, 5) is 24.0. The van der Waals surface area contributed by atoms with Crippen LogP contribution in [0.15, 0.2) is 66.4 Å². The lowest BCUT2D eigenvalue weighted by molar-refractivity contribution is -0.222. The van der Waals surface area contributed by atoms with Crippen LogP contribution in [0.1, 0.15) is 13.8 Å². The summed E-state index contributed by atoms with van der Waals surface area (Å²) in [6.07, 6.45) is 1.25. The van der Waals surface area contributed by atoms with E-state index >= 15 is 0 Å². The highest BCUT2D eigenvalue weighted by Gasteiger charge is 2.38. The maximum Gasteiger partial charge on any atom is 0.350 e. The van der Waals surface area contributed by atoms with E-state index in [-0.39, 0.29) is 5.57 Å². The Morgan fingerprint density at radius 1 is 0.893 bits per heavy atom. The van der Waals surface area contributed by atoms with E-state index in [1.54, 1.807) is 18.2 Å². The molecule has 0 spiro atoms. The van der Waals surface area contributed by atoms with Crippen LogP contribution in [0.25, 0.3) is 0 Å². The molecule has 3 rings (SSSR count). The van der Waals surface area contributed by atoms with Gasteiger partial charge in [0.1, 0.15) is 24.7 Å². The van der Waals surface area contributed by atoms with Crippen LogP contribution in [0, 0.1) is 0 Å². The summed E-state index contributed by atoms with van der Waals surface area (Å²) in [7, 11) is 0. The van der Waals surface area contributed by atoms with Gasteiger partial charge in [-0.05, 0) is 24.3 Å². The van der Waals surface area contributed by atoms with Crippen LogP contribution in [-0.2, 0) is 19.1 Å². The van der Waals surface area contributed by atoms with Crippen LogP contribution in [0.5, 0.6) is 11.5 Å². The Kier molecular flexibility index (Phi) is 5.84. The average Bonchev–Trinajstić information content (AvgIpc) is 2.65. The number of nitrogens with one attached hydrogen (secondary N) is 1. The van der Waals surface area contributed by atoms with Crippen molar-refractivity contribution in [3.8, 4) is 11.5 Å². The predicted molar refractivity (Wildman–Crippen MR) is 102 cm³/mol. The van der Waals surface area contributed by atoms with E-state index < -0.39 is 17.7 Å². The summed E-state index contributed by atoms with van der Waals surface area (Å²) in [6, 6.07) is 16.6. The highest BCUT2D eigenvalue weighted by Crippen LogP contribution is 2.26. The van der Waals surface area contributed by atoms with Gasteiger partial charge in [-0.3, -0.25) is 0 Å². The van der Waals surface area contributed by atoms with Gasteiger partial charge in [-0.1, -0.05) is 30.3 Å². The first-order valence-corrected chi connectivity index (χ1v) is 8.78. The van der Waals surface area contributed by atoms with Gasteiger partial charge in [0.2, 0.25) is 0 Å². The number of benzene rings is 2. The zero-order chi connectivity index (χ0) is 20.0. The van der Waals surface area contributed by atoms with Crippen molar-refractivity contribution in [1.82, 2.24) is 0 Å². The van der Waals surface area contributed by atoms with Gasteiger partial charge in [0.25, 0.3) is 5.79 Å². The molecule has 0 amide bonds. The number of rotatable bonds is 7. The molecule has 2 aromatic rings. The van der Waals surface area contributed by atoms with Gasteiger partial charge in [0.05, 0.1) is 5.69 Å². The SMILES string of the molecule is CC1(C)OC(=O)C(=CNc2ccccc2OCCOc2ccccc2)C(=O)O1. The molecule has 1 fully saturated rings. The van der Waals surface area contributed by atoms with Crippen molar-refractivity contribution in [2.24, 2.45) is 0 Å². The average molecular weight is 383 g/mol. The molecule has 0 unspecified atom stereocenters. The molecule has 0 atom stereocenters. The fraction of sp³-hybridized carbons (Fsp3) is 0.238. The van der Waals surface area contributed by atoms with Gasteiger partial charge in [0, 0.05) is 20.0 Å². The minimum absolute atomic E-state index is 0.221. The standard InChI is InChI=1S/C21H21NO6/c1-21(2)27-19(23)16(20(24)28-21)14-22-17-10-6-7-11-18(17)26-13-12-25-15-8-4-3-5-9-15/h3-11,14,22H,12-13H2,1-2H3. The highest BCUT2D eigenvalue weighted by molar-refractivity contribution is 6.15. The van der Waals surface area contributed by atoms with E-state index in [4.69, 9.17) is 18.9 Å². The number of hydrogen-bond donors (Lipinski definition) is 1. The van der Waals surface area contributed by atoms with E-state index in [0.29, 0.717) is 24.7 Å². The molecule has 7 nitrogen and oxygen atoms in total. The van der Waals surface area contributed by atoms with Crippen LogP contribution in [0.2, 0.25) is 0 Å². The van der Waals surface area contributed by atoms with Gasteiger partial charge in [-0.15, -0.1) is 0 Å². The molecule has 0 radical (unpaired) electrons. The predicted octanol–water partition coefficient (Wildman–Crippen LogP) is 3.28. The molecule has 0 aliphatic carbocycles. The van der Waals surface area contributed by atoms with Crippen LogP contribution in [0.4, 0.5) is 5.69 Å². The molecule has 0 saturated carbocycles. The maximum atomic E-state index is 12.0. The van der Waals surface area contributed by atoms with Crippen molar-refractivity contribution in [1.29, 1.82) is 0 Å². The summed E-state index contributed by atoms with van der Waals surface area (Å²) in [5.41, 5.74) is 0.363. The lowest BCUT2D eigenvalue weighted by Gasteiger charge is -2.29. The van der Waals surface area contributed by atoms with Gasteiger partial charge in [-0.2, -0.15) is 0 Å². The van der Waals surface area contributed by atoms with E-state index in [1.807, 2.05) is 36.4 Å². The number of ether oxygens (including phenoxy) is 4. The first-order valence-electron chi connectivity index (χ1n) is 8.78. The number of para-hydroxylation sites is 3. The van der Waals surface area contributed by atoms with Crippen molar-refractivity contribution < 1.29 is 28.5 Å². The Bertz CT molecular complexity index is 853. The minimum atomic E-state index is -1.27. The van der Waals surface area contributed by atoms with E-state index in [9.17, 15) is 9.59 Å². The zero-order valence-electron chi connectivity index (χ0n) is 15.6. The zero-order valence-corrected chi connectivity index (χ0v) is 15.6. The van der Waals surface area contributed by atoms with Crippen LogP contribution in [-0.4, -0.2) is 30.9 Å². The summed E-state index contributed by atoms with van der Waals surface area (Å²) in [6.45, 7) is 3.68. The molecule has 1 heterocycles. The first-order chi connectivity index (χ1) is 13.4. The molecule has 146 valence electrons. The molecule has 7 heteroatoms. The van der Waals surface area contributed by atoms with Crippen LogP contribution >= 0.6 is 0 Å². The van der Waals surface area contributed by atoms with E-state index in [2.05, 4.69) is 5.32 Å². The molecule has 0 aromatic heterocycles. The highest BCUT2D eigenvalue weighted by atomic mass is 16.7. The van der Waals surface area contributed by atoms with Crippen LogP contribution < -0.4 is 14.8 Å². The molecule has 1 aliphatic heterocycles. The van der Waals surface area contributed by atoms with Crippen LogP contribution in [0.3, 0.4) is 0 Å². The number of hydrogen-bond acceptors (Lipinski definition) is 7. The number of esters is 2. The smallest absolute Gasteiger partial charge is 0.350 e. The molecule has 1 saturated heterocycles. The second-order valence-corrected chi connectivity index (χ2v) is 6.39. The van der Waals surface area contributed by atoms with E-state index in [0.717, 1.165) is 5.75 Å². The van der Waals surface area contributed by atoms with Gasteiger partial charge in [-0.25, -0.2) is 9.59 Å². The third-order valence-electron chi connectivity index (χ3n) is 3.73. The minimum Gasteiger partial charge on any atom is -0.490 e. The molecule has 1 N–H and O–H groups in total. The topological polar surface area (TPSA) is 83.1 Å². The van der Waals surface area contributed by atoms with Gasteiger partial charge >= 0.3 is 11.9 Å². The van der Waals surface area contributed by atoms with Crippen molar-refractivity contribution in [3.63, 3.8) is 0 Å². The van der Waals surface area contributed by atoms with Crippen molar-refractivity contribution in [2.45, 2.75) is 19.6 Å². The van der Waals surface area contributed by atoms with Gasteiger partial charge < -0.3 is 24.3 Å². The molecule has 1 aliphatic rings. The van der Waals surface area contributed by atoms with E-state index in [1.165, 1.54) is 20.0 Å². The molecule has 0 bridgehead atoms. The normalized spacial score (nSPS) is 15.3. The Labute approximate surface area is 162 Å². The second kappa shape index (κ2) is 8.47. The fourth-order valence-electron chi connectivity index (χ4n) is 2.47. The summed E-state index contributed by atoms with van der Waals surface area (Å²) in [5.74, 6) is -1.45. The number of cyclic esters (lactones) is 2. The van der Waals surface area contributed by atoms with Crippen molar-refractivity contribution in [3.05, 3.63) is 66.4 Å². The Morgan fingerprint density at radius 2 is 1.50 bits per heavy atom. The third-order valence-corrected chi connectivity index (χ3v) is 3.73. The number of anilines is 1. The Balaban J connectivity index is 1.59. The first kappa shape index (κ1) is 19.3. The monoisotopic (exact) mass is 383 g/mol. The molecular weight excluding hydrogens is 362 g/mol. The van der Waals surface area contributed by atoms with Crippen molar-refractivity contribution in [2.75, 3.05) is 18.5 Å². The summed E-state index contributed by atoms with van der Waals surface area (Å²) < 4.78 is 21.4. The molecule has 2 aromatic carbocycles.